The number of ether oxygens (including phenoxy) is 1. The van der Waals surface area contributed by atoms with E-state index < -0.39 is 18.1 Å². The normalized spacial score (nSPS) is 11.9. The highest BCUT2D eigenvalue weighted by atomic mass is 16.7. The van der Waals surface area contributed by atoms with Crippen LogP contribution in [0.5, 0.6) is 0 Å². The van der Waals surface area contributed by atoms with E-state index >= 15 is 0 Å². The number of nitrogens with two attached hydrogens (primary N) is 1. The molecule has 0 saturated carbocycles. The molecule has 0 aromatic carbocycles. The van der Waals surface area contributed by atoms with Gasteiger partial charge in [-0.1, -0.05) is 6.92 Å². The third kappa shape index (κ3) is 3.75. The summed E-state index contributed by atoms with van der Waals surface area (Å²) in [6, 6.07) is 0. The fourth-order valence-corrected chi connectivity index (χ4v) is 0.741. The summed E-state index contributed by atoms with van der Waals surface area (Å²) in [4.78, 5) is 26.3. The number of nitrogens with zero attached hydrogens (tertiary/aromatic N) is 1. The van der Waals surface area contributed by atoms with Gasteiger partial charge in [0.15, 0.2) is 6.10 Å². The van der Waals surface area contributed by atoms with Crippen LogP contribution >= 0.6 is 0 Å². The molecule has 0 fully saturated rings. The quantitative estimate of drug-likeness (QED) is 0.626. The van der Waals surface area contributed by atoms with Crippen LogP contribution in [0, 0.1) is 0 Å². The fraction of sp³-hybridized carbons (Fsp3) is 0.714. The molecule has 0 heterocycles. The van der Waals surface area contributed by atoms with Gasteiger partial charge in [0.1, 0.15) is 0 Å². The second-order valence-electron chi connectivity index (χ2n) is 2.35. The van der Waals surface area contributed by atoms with Crippen LogP contribution in [0.3, 0.4) is 0 Å². The molecule has 6 nitrogen and oxygen atoms in total. The van der Waals surface area contributed by atoms with Crippen molar-refractivity contribution in [2.45, 2.75) is 19.4 Å². The summed E-state index contributed by atoms with van der Waals surface area (Å²) >= 11 is 0. The van der Waals surface area contributed by atoms with Crippen molar-refractivity contribution < 1.29 is 19.2 Å². The minimum Gasteiger partial charge on any atom is -0.436 e. The van der Waals surface area contributed by atoms with Crippen molar-refractivity contribution in [1.29, 1.82) is 0 Å². The Morgan fingerprint density at radius 1 is 1.54 bits per heavy atom. The number of likely N-dealkylation sites (N-methyl/N-ethyl adjacent to an activating group) is 1. The number of hydrogen-bond donors (Lipinski definition) is 1. The Bertz CT molecular complexity index is 195. The molecular formula is C7H14N2O4. The van der Waals surface area contributed by atoms with Gasteiger partial charge in [-0.3, -0.25) is 9.63 Å². The molecule has 0 aliphatic carbocycles. The highest BCUT2D eigenvalue weighted by Crippen LogP contribution is 2.02. The van der Waals surface area contributed by atoms with Crippen LogP contribution in [0.25, 0.3) is 0 Å². The van der Waals surface area contributed by atoms with Gasteiger partial charge in [-0.25, -0.2) is 9.86 Å². The second-order valence-corrected chi connectivity index (χ2v) is 2.35. The van der Waals surface area contributed by atoms with Crippen LogP contribution in [-0.4, -0.2) is 37.3 Å². The van der Waals surface area contributed by atoms with Crippen LogP contribution < -0.4 is 5.73 Å². The van der Waals surface area contributed by atoms with E-state index in [2.05, 4.69) is 9.57 Å². The van der Waals surface area contributed by atoms with Gasteiger partial charge in [0.25, 0.3) is 5.91 Å². The van der Waals surface area contributed by atoms with E-state index in [0.717, 1.165) is 5.06 Å². The van der Waals surface area contributed by atoms with Crippen LogP contribution in [-0.2, 0) is 14.4 Å². The zero-order valence-corrected chi connectivity index (χ0v) is 7.94. The Labute approximate surface area is 76.5 Å². The predicted octanol–water partition coefficient (Wildman–Crippen LogP) is -0.120. The van der Waals surface area contributed by atoms with Gasteiger partial charge in [-0.2, -0.15) is 0 Å². The lowest BCUT2D eigenvalue weighted by molar-refractivity contribution is -0.177. The lowest BCUT2D eigenvalue weighted by Gasteiger charge is -2.19. The highest BCUT2D eigenvalue weighted by molar-refractivity contribution is 5.82. The maximum absolute atomic E-state index is 11.3. The lowest BCUT2D eigenvalue weighted by Crippen LogP contribution is -2.39. The second kappa shape index (κ2) is 5.36. The van der Waals surface area contributed by atoms with Gasteiger partial charge in [0, 0.05) is 7.05 Å². The van der Waals surface area contributed by atoms with E-state index in [1.807, 2.05) is 0 Å². The monoisotopic (exact) mass is 190 g/mol. The summed E-state index contributed by atoms with van der Waals surface area (Å²) in [5, 5.41) is 0.983. The number of carbonyl (C=O) groups is 2. The first-order valence-corrected chi connectivity index (χ1v) is 3.80. The summed E-state index contributed by atoms with van der Waals surface area (Å²) in [5.74, 6) is -0.441. The number of hydroxylamine groups is 2. The molecule has 0 radical (unpaired) electrons. The van der Waals surface area contributed by atoms with Crippen molar-refractivity contribution >= 4 is 12.0 Å². The molecule has 0 rings (SSSR count). The van der Waals surface area contributed by atoms with Crippen molar-refractivity contribution in [3.05, 3.63) is 0 Å². The minimum absolute atomic E-state index is 0.357. The molecule has 2 N–H and O–H groups in total. The molecule has 6 heteroatoms. The van der Waals surface area contributed by atoms with Crippen molar-refractivity contribution in [3.8, 4) is 0 Å². The van der Waals surface area contributed by atoms with Gasteiger partial charge in [-0.05, 0) is 6.42 Å². The molecule has 0 aromatic heterocycles. The Morgan fingerprint density at radius 3 is 2.38 bits per heavy atom. The molecule has 1 atom stereocenters. The van der Waals surface area contributed by atoms with E-state index in [1.165, 1.54) is 14.2 Å². The molecule has 0 spiro atoms. The van der Waals surface area contributed by atoms with E-state index in [4.69, 9.17) is 5.73 Å². The average Bonchev–Trinajstić information content (AvgIpc) is 2.11. The van der Waals surface area contributed by atoms with Gasteiger partial charge in [0.05, 0.1) is 7.11 Å². The molecule has 0 bridgehead atoms. The summed E-state index contributed by atoms with van der Waals surface area (Å²) < 4.78 is 4.55. The van der Waals surface area contributed by atoms with E-state index in [1.54, 1.807) is 6.92 Å². The molecule has 13 heavy (non-hydrogen) atoms. The third-order valence-electron chi connectivity index (χ3n) is 1.49. The molecule has 0 aliphatic heterocycles. The van der Waals surface area contributed by atoms with Crippen LogP contribution in [0.4, 0.5) is 4.79 Å². The average molecular weight is 190 g/mol. The first kappa shape index (κ1) is 11.7. The molecule has 0 aromatic rings. The predicted molar refractivity (Wildman–Crippen MR) is 44.5 cm³/mol. The first-order valence-electron chi connectivity index (χ1n) is 3.80. The van der Waals surface area contributed by atoms with Gasteiger partial charge < -0.3 is 10.5 Å². The number of amides is 2. The topological polar surface area (TPSA) is 81.9 Å². The third-order valence-corrected chi connectivity index (χ3v) is 1.49. The van der Waals surface area contributed by atoms with Gasteiger partial charge in [0.2, 0.25) is 0 Å². The van der Waals surface area contributed by atoms with E-state index in [9.17, 15) is 9.59 Å². The minimum atomic E-state index is -0.968. The van der Waals surface area contributed by atoms with Crippen LogP contribution in [0.15, 0.2) is 0 Å². The van der Waals surface area contributed by atoms with Crippen molar-refractivity contribution in [2.24, 2.45) is 5.73 Å². The molecule has 0 saturated heterocycles. The zero-order valence-electron chi connectivity index (χ0n) is 7.94. The van der Waals surface area contributed by atoms with Crippen molar-refractivity contribution in [2.75, 3.05) is 14.2 Å². The molecule has 0 aliphatic rings. The van der Waals surface area contributed by atoms with Gasteiger partial charge >= 0.3 is 6.09 Å². The summed E-state index contributed by atoms with van der Waals surface area (Å²) in [5.41, 5.74) is 4.78. The van der Waals surface area contributed by atoms with Crippen LogP contribution in [0.1, 0.15) is 13.3 Å². The molecular weight excluding hydrogens is 176 g/mol. The standard InChI is InChI=1S/C7H14N2O4/c1-4-5(13-7(8)11)6(10)9(2)12-3/h5H,4H2,1-3H3,(H2,8,11). The van der Waals surface area contributed by atoms with E-state index in [0.29, 0.717) is 6.42 Å². The lowest BCUT2D eigenvalue weighted by atomic mass is 10.2. The zero-order chi connectivity index (χ0) is 10.4. The van der Waals surface area contributed by atoms with Crippen molar-refractivity contribution in [3.63, 3.8) is 0 Å². The number of carbonyl (C=O) groups excluding carboxylic acids is 2. The maximum Gasteiger partial charge on any atom is 0.405 e. The Hall–Kier alpha value is -1.30. The molecule has 76 valence electrons. The highest BCUT2D eigenvalue weighted by Gasteiger charge is 2.23. The smallest absolute Gasteiger partial charge is 0.405 e. The largest absolute Gasteiger partial charge is 0.436 e. The Morgan fingerprint density at radius 2 is 2.08 bits per heavy atom. The molecule has 2 amide bonds. The number of primary amides is 1. The number of hydrogen-bond acceptors (Lipinski definition) is 4. The Kier molecular flexibility index (Phi) is 4.83. The summed E-state index contributed by atoms with van der Waals surface area (Å²) in [6.45, 7) is 1.70. The summed E-state index contributed by atoms with van der Waals surface area (Å²) in [7, 11) is 2.77. The molecule has 1 unspecified atom stereocenters. The van der Waals surface area contributed by atoms with Gasteiger partial charge in [-0.15, -0.1) is 0 Å². The first-order chi connectivity index (χ1) is 6.02. The van der Waals surface area contributed by atoms with E-state index in [-0.39, 0.29) is 0 Å². The van der Waals surface area contributed by atoms with Crippen LogP contribution in [0.2, 0.25) is 0 Å². The summed E-state index contributed by atoms with van der Waals surface area (Å²) in [6.07, 6.45) is -1.48. The Balaban J connectivity index is 4.22. The number of rotatable bonds is 4. The fourth-order valence-electron chi connectivity index (χ4n) is 0.741. The maximum atomic E-state index is 11.3. The van der Waals surface area contributed by atoms with Crippen molar-refractivity contribution in [1.82, 2.24) is 5.06 Å². The SMILES string of the molecule is CCC(OC(N)=O)C(=O)N(C)OC.